The molecule has 1 amide bonds. The molecule has 2 aliphatic rings. The van der Waals surface area contributed by atoms with Crippen molar-refractivity contribution in [1.29, 1.82) is 0 Å². The van der Waals surface area contributed by atoms with Gasteiger partial charge in [0, 0.05) is 6.54 Å². The molecule has 0 saturated carbocycles. The van der Waals surface area contributed by atoms with E-state index in [0.29, 0.717) is 5.92 Å². The summed E-state index contributed by atoms with van der Waals surface area (Å²) in [7, 11) is 0. The summed E-state index contributed by atoms with van der Waals surface area (Å²) >= 11 is 0. The molecule has 0 N–H and O–H groups in total. The first-order valence-electron chi connectivity index (χ1n) is 5.78. The molecule has 2 saturated heterocycles. The number of hydrogen-bond donors (Lipinski definition) is 0. The van der Waals surface area contributed by atoms with Crippen LogP contribution in [0.15, 0.2) is 30.3 Å². The highest BCUT2D eigenvalue weighted by Crippen LogP contribution is 2.40. The van der Waals surface area contributed by atoms with E-state index in [9.17, 15) is 4.79 Å². The smallest absolute Gasteiger partial charge is 0.410 e. The van der Waals surface area contributed by atoms with Crippen molar-refractivity contribution in [3.63, 3.8) is 0 Å². The fourth-order valence-corrected chi connectivity index (χ4v) is 2.77. The highest BCUT2D eigenvalue weighted by atomic mass is 16.6. The van der Waals surface area contributed by atoms with Crippen molar-refractivity contribution < 1.29 is 9.53 Å². The summed E-state index contributed by atoms with van der Waals surface area (Å²) in [5, 5.41) is 0. The van der Waals surface area contributed by atoms with Crippen LogP contribution in [0.3, 0.4) is 0 Å². The van der Waals surface area contributed by atoms with Crippen LogP contribution in [0, 0.1) is 5.92 Å². The van der Waals surface area contributed by atoms with Crippen LogP contribution in [-0.4, -0.2) is 23.6 Å². The molecule has 0 bridgehead atoms. The van der Waals surface area contributed by atoms with Crippen LogP contribution < -0.4 is 0 Å². The number of hydrogen-bond acceptors (Lipinski definition) is 2. The van der Waals surface area contributed by atoms with Crippen molar-refractivity contribution >= 4 is 6.09 Å². The highest BCUT2D eigenvalue weighted by Gasteiger charge is 2.47. The zero-order chi connectivity index (χ0) is 11.1. The Labute approximate surface area is 95.0 Å². The standard InChI is InChI=1S/C13H15NO2/c1-9-7-11-12(10-5-3-2-4-6-10)16-13(15)14(11)8-9/h2-6,9,11-12H,7-8H2,1H3/t9-,11+,12?/m1/s1. The van der Waals surface area contributed by atoms with Crippen LogP contribution in [0.25, 0.3) is 0 Å². The summed E-state index contributed by atoms with van der Waals surface area (Å²) in [4.78, 5) is 13.6. The van der Waals surface area contributed by atoms with E-state index >= 15 is 0 Å². The summed E-state index contributed by atoms with van der Waals surface area (Å²) in [6.07, 6.45) is 0.826. The van der Waals surface area contributed by atoms with Crippen molar-refractivity contribution in [1.82, 2.24) is 4.90 Å². The minimum absolute atomic E-state index is 0.0707. The molecule has 2 aliphatic heterocycles. The number of cyclic esters (lactones) is 1. The third-order valence-corrected chi connectivity index (χ3v) is 3.49. The Morgan fingerprint density at radius 1 is 1.31 bits per heavy atom. The molecule has 0 aromatic heterocycles. The molecule has 16 heavy (non-hydrogen) atoms. The van der Waals surface area contributed by atoms with E-state index in [1.165, 1.54) is 0 Å². The van der Waals surface area contributed by atoms with Crippen molar-refractivity contribution in [2.75, 3.05) is 6.54 Å². The maximum absolute atomic E-state index is 11.7. The minimum Gasteiger partial charge on any atom is -0.439 e. The van der Waals surface area contributed by atoms with Gasteiger partial charge < -0.3 is 9.64 Å². The Balaban J connectivity index is 1.90. The lowest BCUT2D eigenvalue weighted by molar-refractivity contribution is 0.124. The molecular formula is C13H15NO2. The third kappa shape index (κ3) is 1.39. The zero-order valence-electron chi connectivity index (χ0n) is 9.30. The zero-order valence-corrected chi connectivity index (χ0v) is 9.30. The van der Waals surface area contributed by atoms with Crippen LogP contribution in [0.2, 0.25) is 0 Å². The largest absolute Gasteiger partial charge is 0.439 e. The number of carbonyl (C=O) groups excluding carboxylic acids is 1. The number of carbonyl (C=O) groups is 1. The molecule has 84 valence electrons. The topological polar surface area (TPSA) is 29.5 Å². The normalized spacial score (nSPS) is 32.7. The van der Waals surface area contributed by atoms with E-state index < -0.39 is 0 Å². The Kier molecular flexibility index (Phi) is 2.13. The molecule has 0 spiro atoms. The van der Waals surface area contributed by atoms with Crippen molar-refractivity contribution in [2.45, 2.75) is 25.5 Å². The second-order valence-electron chi connectivity index (χ2n) is 4.78. The van der Waals surface area contributed by atoms with Gasteiger partial charge in [0.05, 0.1) is 6.04 Å². The van der Waals surface area contributed by atoms with Crippen molar-refractivity contribution in [2.24, 2.45) is 5.92 Å². The molecule has 1 unspecified atom stereocenters. The van der Waals surface area contributed by atoms with E-state index in [1.807, 2.05) is 35.2 Å². The van der Waals surface area contributed by atoms with Gasteiger partial charge in [-0.25, -0.2) is 4.79 Å². The average Bonchev–Trinajstić information content (AvgIpc) is 2.80. The maximum Gasteiger partial charge on any atom is 0.410 e. The fourth-order valence-electron chi connectivity index (χ4n) is 2.77. The van der Waals surface area contributed by atoms with Gasteiger partial charge >= 0.3 is 6.09 Å². The second-order valence-corrected chi connectivity index (χ2v) is 4.78. The van der Waals surface area contributed by atoms with Crippen LogP contribution in [0.5, 0.6) is 0 Å². The number of ether oxygens (including phenoxy) is 1. The number of nitrogens with zero attached hydrogens (tertiary/aromatic N) is 1. The maximum atomic E-state index is 11.7. The molecule has 3 rings (SSSR count). The van der Waals surface area contributed by atoms with Crippen molar-refractivity contribution in [3.05, 3.63) is 35.9 Å². The number of amides is 1. The van der Waals surface area contributed by atoms with Gasteiger partial charge in [0.1, 0.15) is 6.10 Å². The van der Waals surface area contributed by atoms with Gasteiger partial charge in [-0.2, -0.15) is 0 Å². The van der Waals surface area contributed by atoms with E-state index in [1.54, 1.807) is 0 Å². The summed E-state index contributed by atoms with van der Waals surface area (Å²) in [5.41, 5.74) is 1.11. The second kappa shape index (κ2) is 3.51. The number of rotatable bonds is 1. The SMILES string of the molecule is C[C@@H]1C[C@H]2C(c3ccccc3)OC(=O)N2C1. The quantitative estimate of drug-likeness (QED) is 0.723. The predicted molar refractivity (Wildman–Crippen MR) is 59.9 cm³/mol. The van der Waals surface area contributed by atoms with Gasteiger partial charge in [0.2, 0.25) is 0 Å². The molecule has 3 atom stereocenters. The average molecular weight is 217 g/mol. The molecule has 2 heterocycles. The first-order valence-corrected chi connectivity index (χ1v) is 5.78. The molecule has 0 aliphatic carbocycles. The molecule has 0 radical (unpaired) electrons. The highest BCUT2D eigenvalue weighted by molar-refractivity contribution is 5.71. The lowest BCUT2D eigenvalue weighted by atomic mass is 9.98. The van der Waals surface area contributed by atoms with Gasteiger partial charge in [-0.05, 0) is 17.9 Å². The molecule has 1 aromatic carbocycles. The van der Waals surface area contributed by atoms with E-state index in [0.717, 1.165) is 18.5 Å². The molecule has 3 heteroatoms. The van der Waals surface area contributed by atoms with Gasteiger partial charge in [-0.15, -0.1) is 0 Å². The third-order valence-electron chi connectivity index (χ3n) is 3.49. The van der Waals surface area contributed by atoms with Gasteiger partial charge in [0.15, 0.2) is 0 Å². The molecule has 3 nitrogen and oxygen atoms in total. The van der Waals surface area contributed by atoms with E-state index in [-0.39, 0.29) is 18.2 Å². The summed E-state index contributed by atoms with van der Waals surface area (Å²) in [5.74, 6) is 0.587. The Hall–Kier alpha value is -1.51. The van der Waals surface area contributed by atoms with Gasteiger partial charge in [0.25, 0.3) is 0 Å². The summed E-state index contributed by atoms with van der Waals surface area (Å²) in [6.45, 7) is 3.03. The van der Waals surface area contributed by atoms with Crippen LogP contribution in [0.4, 0.5) is 4.79 Å². The van der Waals surface area contributed by atoms with Crippen LogP contribution in [-0.2, 0) is 4.74 Å². The summed E-state index contributed by atoms with van der Waals surface area (Å²) in [6, 6.07) is 10.3. The van der Waals surface area contributed by atoms with Crippen molar-refractivity contribution in [3.8, 4) is 0 Å². The number of benzene rings is 1. The Bertz CT molecular complexity index is 404. The lowest BCUT2D eigenvalue weighted by Crippen LogP contribution is -2.27. The lowest BCUT2D eigenvalue weighted by Gasteiger charge is -2.16. The number of fused-ring (bicyclic) bond motifs is 1. The van der Waals surface area contributed by atoms with E-state index in [4.69, 9.17) is 4.74 Å². The molecule has 2 fully saturated rings. The van der Waals surface area contributed by atoms with Gasteiger partial charge in [-0.3, -0.25) is 0 Å². The molecule has 1 aromatic rings. The summed E-state index contributed by atoms with van der Waals surface area (Å²) < 4.78 is 5.45. The first-order chi connectivity index (χ1) is 7.75. The Morgan fingerprint density at radius 3 is 2.81 bits per heavy atom. The van der Waals surface area contributed by atoms with E-state index in [2.05, 4.69) is 6.92 Å². The monoisotopic (exact) mass is 217 g/mol. The van der Waals surface area contributed by atoms with Gasteiger partial charge in [-0.1, -0.05) is 37.3 Å². The molecular weight excluding hydrogens is 202 g/mol. The predicted octanol–water partition coefficient (Wildman–Crippen LogP) is 2.59. The fraction of sp³-hybridized carbons (Fsp3) is 0.462. The Morgan fingerprint density at radius 2 is 2.06 bits per heavy atom. The minimum atomic E-state index is -0.150. The first kappa shape index (κ1) is 9.70. The van der Waals surface area contributed by atoms with Crippen LogP contribution >= 0.6 is 0 Å². The van der Waals surface area contributed by atoms with Crippen LogP contribution in [0.1, 0.15) is 25.0 Å².